The molecular weight excluding hydrogens is 398 g/mol. The molecule has 0 radical (unpaired) electrons. The van der Waals surface area contributed by atoms with E-state index in [0.717, 1.165) is 38.5 Å². The van der Waals surface area contributed by atoms with Crippen molar-refractivity contribution in [1.29, 1.82) is 0 Å². The Morgan fingerprint density at radius 3 is 2.43 bits per heavy atom. The Hall–Kier alpha value is -2.08. The molecule has 5 nitrogen and oxygen atoms in total. The lowest BCUT2D eigenvalue weighted by atomic mass is 10.1. The summed E-state index contributed by atoms with van der Waals surface area (Å²) in [4.78, 5) is 19.5. The Morgan fingerprint density at radius 1 is 1.10 bits per heavy atom. The SMILES string of the molecule is Cc1ccccc1CN(C)C(=O)C(C)N1CCN(CCOc2ccc(Cl)cc2)CC1. The lowest BCUT2D eigenvalue weighted by Gasteiger charge is -2.38. The summed E-state index contributed by atoms with van der Waals surface area (Å²) in [7, 11) is 1.90. The third-order valence-electron chi connectivity index (χ3n) is 5.85. The van der Waals surface area contributed by atoms with Gasteiger partial charge in [0.25, 0.3) is 0 Å². The van der Waals surface area contributed by atoms with E-state index < -0.39 is 0 Å². The quantitative estimate of drug-likeness (QED) is 0.641. The Kier molecular flexibility index (Phi) is 8.14. The van der Waals surface area contributed by atoms with Crippen LogP contribution in [-0.4, -0.2) is 73.0 Å². The summed E-state index contributed by atoms with van der Waals surface area (Å²) >= 11 is 5.90. The number of carbonyl (C=O) groups excluding carboxylic acids is 1. The number of rotatable bonds is 8. The fourth-order valence-electron chi connectivity index (χ4n) is 3.79. The highest BCUT2D eigenvalue weighted by atomic mass is 35.5. The molecule has 1 saturated heterocycles. The van der Waals surface area contributed by atoms with Crippen LogP contribution in [0.2, 0.25) is 5.02 Å². The Bertz CT molecular complexity index is 819. The number of nitrogens with zero attached hydrogens (tertiary/aromatic N) is 3. The molecule has 2 aromatic rings. The largest absolute Gasteiger partial charge is 0.492 e. The molecule has 3 rings (SSSR count). The highest BCUT2D eigenvalue weighted by molar-refractivity contribution is 6.30. The lowest BCUT2D eigenvalue weighted by Crippen LogP contribution is -2.54. The second kappa shape index (κ2) is 10.8. The highest BCUT2D eigenvalue weighted by Gasteiger charge is 2.27. The topological polar surface area (TPSA) is 36.0 Å². The first-order chi connectivity index (χ1) is 14.4. The lowest BCUT2D eigenvalue weighted by molar-refractivity contribution is -0.136. The van der Waals surface area contributed by atoms with Gasteiger partial charge in [-0.3, -0.25) is 14.6 Å². The Labute approximate surface area is 185 Å². The summed E-state index contributed by atoms with van der Waals surface area (Å²) in [5, 5.41) is 0.715. The summed E-state index contributed by atoms with van der Waals surface area (Å²) in [6.07, 6.45) is 0. The normalized spacial score (nSPS) is 16.3. The van der Waals surface area contributed by atoms with E-state index in [1.165, 1.54) is 11.1 Å². The Morgan fingerprint density at radius 2 is 1.77 bits per heavy atom. The van der Waals surface area contributed by atoms with Crippen LogP contribution >= 0.6 is 11.6 Å². The monoisotopic (exact) mass is 429 g/mol. The van der Waals surface area contributed by atoms with Gasteiger partial charge < -0.3 is 9.64 Å². The number of halogens is 1. The number of ether oxygens (including phenoxy) is 1. The maximum absolute atomic E-state index is 12.9. The number of benzene rings is 2. The number of aryl methyl sites for hydroxylation is 1. The minimum absolute atomic E-state index is 0.105. The molecule has 0 bridgehead atoms. The van der Waals surface area contributed by atoms with Crippen LogP contribution < -0.4 is 4.74 Å². The van der Waals surface area contributed by atoms with Crippen molar-refractivity contribution >= 4 is 17.5 Å². The van der Waals surface area contributed by atoms with E-state index in [1.807, 2.05) is 55.3 Å². The van der Waals surface area contributed by atoms with E-state index in [1.54, 1.807) is 0 Å². The number of hydrogen-bond donors (Lipinski definition) is 0. The van der Waals surface area contributed by atoms with E-state index in [4.69, 9.17) is 16.3 Å². The third-order valence-corrected chi connectivity index (χ3v) is 6.10. The molecule has 1 atom stereocenters. The van der Waals surface area contributed by atoms with Crippen LogP contribution in [0.4, 0.5) is 0 Å². The maximum atomic E-state index is 12.9. The molecule has 162 valence electrons. The van der Waals surface area contributed by atoms with Gasteiger partial charge in [-0.05, 0) is 49.2 Å². The van der Waals surface area contributed by atoms with E-state index in [0.29, 0.717) is 18.2 Å². The fraction of sp³-hybridized carbons (Fsp3) is 0.458. The molecule has 30 heavy (non-hydrogen) atoms. The van der Waals surface area contributed by atoms with Gasteiger partial charge >= 0.3 is 0 Å². The van der Waals surface area contributed by atoms with Crippen molar-refractivity contribution in [3.8, 4) is 5.75 Å². The molecule has 0 saturated carbocycles. The number of hydrogen-bond acceptors (Lipinski definition) is 4. The van der Waals surface area contributed by atoms with E-state index in [9.17, 15) is 4.79 Å². The molecular formula is C24H32ClN3O2. The molecule has 6 heteroatoms. The first-order valence-electron chi connectivity index (χ1n) is 10.6. The molecule has 0 aromatic heterocycles. The molecule has 1 unspecified atom stereocenters. The number of likely N-dealkylation sites (N-methyl/N-ethyl adjacent to an activating group) is 1. The molecule has 1 aliphatic rings. The van der Waals surface area contributed by atoms with Crippen LogP contribution in [0.1, 0.15) is 18.1 Å². The summed E-state index contributed by atoms with van der Waals surface area (Å²) in [5.41, 5.74) is 2.42. The minimum Gasteiger partial charge on any atom is -0.492 e. The first-order valence-corrected chi connectivity index (χ1v) is 11.0. The zero-order chi connectivity index (χ0) is 21.5. The standard InChI is InChI=1S/C24H32ClN3O2/c1-19-6-4-5-7-21(19)18-26(3)24(29)20(2)28-14-12-27(13-15-28)16-17-30-23-10-8-22(25)9-11-23/h4-11,20H,12-18H2,1-3H3. The van der Waals surface area contributed by atoms with E-state index >= 15 is 0 Å². The van der Waals surface area contributed by atoms with Crippen LogP contribution in [0.3, 0.4) is 0 Å². The van der Waals surface area contributed by atoms with Gasteiger partial charge in [0.2, 0.25) is 5.91 Å². The van der Waals surface area contributed by atoms with Crippen LogP contribution in [0, 0.1) is 6.92 Å². The zero-order valence-corrected chi connectivity index (χ0v) is 18.9. The summed E-state index contributed by atoms with van der Waals surface area (Å²) in [6, 6.07) is 15.6. The number of amides is 1. The molecule has 0 aliphatic carbocycles. The fourth-order valence-corrected chi connectivity index (χ4v) is 3.92. The molecule has 1 heterocycles. The van der Waals surface area contributed by atoms with Gasteiger partial charge in [-0.1, -0.05) is 35.9 Å². The number of carbonyl (C=O) groups is 1. The van der Waals surface area contributed by atoms with E-state index in [-0.39, 0.29) is 11.9 Å². The second-order valence-corrected chi connectivity index (χ2v) is 8.41. The van der Waals surface area contributed by atoms with Gasteiger partial charge in [0.05, 0.1) is 6.04 Å². The summed E-state index contributed by atoms with van der Waals surface area (Å²) in [5.74, 6) is 1.02. The van der Waals surface area contributed by atoms with Crippen LogP contribution in [0.15, 0.2) is 48.5 Å². The molecule has 1 fully saturated rings. The maximum Gasteiger partial charge on any atom is 0.239 e. The molecule has 0 N–H and O–H groups in total. The third kappa shape index (κ3) is 6.21. The van der Waals surface area contributed by atoms with Crippen LogP contribution in [-0.2, 0) is 11.3 Å². The molecule has 2 aromatic carbocycles. The van der Waals surface area contributed by atoms with Crippen LogP contribution in [0.25, 0.3) is 0 Å². The van der Waals surface area contributed by atoms with Gasteiger partial charge in [0.15, 0.2) is 0 Å². The predicted molar refractivity (Wildman–Crippen MR) is 122 cm³/mol. The van der Waals surface area contributed by atoms with Gasteiger partial charge in [-0.15, -0.1) is 0 Å². The van der Waals surface area contributed by atoms with Gasteiger partial charge in [-0.25, -0.2) is 0 Å². The predicted octanol–water partition coefficient (Wildman–Crippen LogP) is 3.69. The zero-order valence-electron chi connectivity index (χ0n) is 18.2. The minimum atomic E-state index is -0.105. The summed E-state index contributed by atoms with van der Waals surface area (Å²) < 4.78 is 5.80. The van der Waals surface area contributed by atoms with Gasteiger partial charge in [0, 0.05) is 51.3 Å². The smallest absolute Gasteiger partial charge is 0.239 e. The molecule has 1 amide bonds. The average Bonchev–Trinajstić information content (AvgIpc) is 2.76. The second-order valence-electron chi connectivity index (χ2n) is 7.98. The van der Waals surface area contributed by atoms with Crippen LogP contribution in [0.5, 0.6) is 5.75 Å². The van der Waals surface area contributed by atoms with Crippen molar-refractivity contribution in [2.75, 3.05) is 46.4 Å². The average molecular weight is 430 g/mol. The summed E-state index contributed by atoms with van der Waals surface area (Å²) in [6.45, 7) is 9.98. The van der Waals surface area contributed by atoms with E-state index in [2.05, 4.69) is 28.9 Å². The van der Waals surface area contributed by atoms with Crippen molar-refractivity contribution in [3.05, 3.63) is 64.7 Å². The van der Waals surface area contributed by atoms with Crippen molar-refractivity contribution < 1.29 is 9.53 Å². The first kappa shape index (κ1) is 22.6. The van der Waals surface area contributed by atoms with Crippen molar-refractivity contribution in [2.45, 2.75) is 26.4 Å². The number of piperazine rings is 1. The van der Waals surface area contributed by atoms with Gasteiger partial charge in [0.1, 0.15) is 12.4 Å². The molecule has 1 aliphatic heterocycles. The molecule has 0 spiro atoms. The van der Waals surface area contributed by atoms with Crippen molar-refractivity contribution in [3.63, 3.8) is 0 Å². The Balaban J connectivity index is 1.40. The van der Waals surface area contributed by atoms with Gasteiger partial charge in [-0.2, -0.15) is 0 Å². The van der Waals surface area contributed by atoms with Crippen molar-refractivity contribution in [2.24, 2.45) is 0 Å². The highest BCUT2D eigenvalue weighted by Crippen LogP contribution is 2.16. The van der Waals surface area contributed by atoms with Crippen molar-refractivity contribution in [1.82, 2.24) is 14.7 Å².